The van der Waals surface area contributed by atoms with Gasteiger partial charge < -0.3 is 30.5 Å². The number of aromatic nitrogens is 4. The van der Waals surface area contributed by atoms with E-state index in [0.717, 1.165) is 5.56 Å². The summed E-state index contributed by atoms with van der Waals surface area (Å²) >= 11 is 0. The number of benzene rings is 1. The molecule has 10 nitrogen and oxygen atoms in total. The normalized spacial score (nSPS) is 28.0. The Labute approximate surface area is 166 Å². The molecule has 2 aromatic heterocycles. The first kappa shape index (κ1) is 19.5. The van der Waals surface area contributed by atoms with E-state index in [1.165, 1.54) is 12.7 Å². The van der Waals surface area contributed by atoms with Crippen molar-refractivity contribution in [1.29, 1.82) is 0 Å². The molecule has 5 N–H and O–H groups in total. The van der Waals surface area contributed by atoms with Gasteiger partial charge in [-0.15, -0.1) is 0 Å². The molecule has 10 heteroatoms. The molecule has 5 atom stereocenters. The van der Waals surface area contributed by atoms with Gasteiger partial charge in [0.1, 0.15) is 35.9 Å². The maximum atomic E-state index is 11.1. The van der Waals surface area contributed by atoms with Crippen LogP contribution in [0.2, 0.25) is 0 Å². The molecule has 3 aromatic rings. The number of hydrogen-bond acceptors (Lipinski definition) is 9. The summed E-state index contributed by atoms with van der Waals surface area (Å²) in [5.41, 5.74) is 5.95. The van der Waals surface area contributed by atoms with E-state index < -0.39 is 36.6 Å². The van der Waals surface area contributed by atoms with Gasteiger partial charge in [-0.2, -0.15) is 0 Å². The zero-order valence-corrected chi connectivity index (χ0v) is 16.0. The fourth-order valence-electron chi connectivity index (χ4n) is 3.98. The topological polar surface area (TPSA) is 149 Å². The quantitative estimate of drug-likeness (QED) is 0.463. The Morgan fingerprint density at radius 3 is 2.59 bits per heavy atom. The van der Waals surface area contributed by atoms with Crippen LogP contribution >= 0.6 is 0 Å². The van der Waals surface area contributed by atoms with Crippen LogP contribution < -0.4 is 10.5 Å². The number of aliphatic hydroxyl groups excluding tert-OH is 3. The van der Waals surface area contributed by atoms with Gasteiger partial charge in [0.2, 0.25) is 0 Å². The number of aliphatic hydroxyl groups is 3. The van der Waals surface area contributed by atoms with Crippen LogP contribution in [0.5, 0.6) is 5.75 Å². The summed E-state index contributed by atoms with van der Waals surface area (Å²) in [6.45, 7) is 1.40. The summed E-state index contributed by atoms with van der Waals surface area (Å²) in [5, 5.41) is 31.3. The lowest BCUT2D eigenvalue weighted by molar-refractivity contribution is -0.159. The number of rotatable bonds is 5. The second-order valence-electron chi connectivity index (χ2n) is 7.07. The van der Waals surface area contributed by atoms with Crippen LogP contribution in [-0.2, 0) is 10.5 Å². The van der Waals surface area contributed by atoms with E-state index in [1.54, 1.807) is 23.8 Å². The van der Waals surface area contributed by atoms with Gasteiger partial charge in [0.15, 0.2) is 17.2 Å². The van der Waals surface area contributed by atoms with Gasteiger partial charge in [0.05, 0.1) is 20.0 Å². The molecule has 3 heterocycles. The Bertz CT molecular complexity index is 1010. The number of methoxy groups -OCH3 is 1. The second-order valence-corrected chi connectivity index (χ2v) is 7.07. The van der Waals surface area contributed by atoms with E-state index in [-0.39, 0.29) is 5.82 Å². The predicted octanol–water partition coefficient (Wildman–Crippen LogP) is -0.0135. The molecule has 0 saturated carbocycles. The molecule has 154 valence electrons. The van der Waals surface area contributed by atoms with Crippen molar-refractivity contribution < 1.29 is 24.8 Å². The standard InChI is InChI=1S/C19H23N5O5/c1-10(11-3-5-12(28-2)6-4-11)19(16(27)15(26)13(7-25)29-19)24-9-23-14-17(20)21-8-22-18(14)24/h3-6,8-10,13,15-16,25-27H,7H2,1-2H3,(H2,20,21,22)/t10-,13-,15-,16-,19-/m1/s1. The van der Waals surface area contributed by atoms with Gasteiger partial charge in [-0.1, -0.05) is 19.1 Å². The first-order chi connectivity index (χ1) is 13.9. The van der Waals surface area contributed by atoms with E-state index in [4.69, 9.17) is 15.2 Å². The SMILES string of the molecule is COc1ccc([C@@H](C)[C@@]2(n3cnc4c(N)ncnc43)O[C@H](CO)[C@@H](O)[C@H]2O)cc1. The molecule has 0 radical (unpaired) electrons. The highest BCUT2D eigenvalue weighted by Crippen LogP contribution is 2.47. The van der Waals surface area contributed by atoms with Gasteiger partial charge in [-0.25, -0.2) is 15.0 Å². The third-order valence-electron chi connectivity index (χ3n) is 5.62. The van der Waals surface area contributed by atoms with Gasteiger partial charge in [0.25, 0.3) is 0 Å². The number of anilines is 1. The molecule has 0 spiro atoms. The lowest BCUT2D eigenvalue weighted by Crippen LogP contribution is -2.49. The Morgan fingerprint density at radius 1 is 1.24 bits per heavy atom. The zero-order chi connectivity index (χ0) is 20.8. The lowest BCUT2D eigenvalue weighted by atomic mass is 9.85. The Kier molecular flexibility index (Phi) is 4.87. The minimum absolute atomic E-state index is 0.188. The fourth-order valence-corrected chi connectivity index (χ4v) is 3.98. The van der Waals surface area contributed by atoms with Gasteiger partial charge in [-0.05, 0) is 17.7 Å². The van der Waals surface area contributed by atoms with Crippen molar-refractivity contribution in [2.75, 3.05) is 19.5 Å². The molecular weight excluding hydrogens is 378 g/mol. The van der Waals surface area contributed by atoms with Crippen molar-refractivity contribution in [1.82, 2.24) is 19.5 Å². The summed E-state index contributed by atoms with van der Waals surface area (Å²) in [6, 6.07) is 7.30. The van der Waals surface area contributed by atoms with Crippen LogP contribution in [0.4, 0.5) is 5.82 Å². The van der Waals surface area contributed by atoms with Crippen molar-refractivity contribution in [3.05, 3.63) is 42.5 Å². The maximum absolute atomic E-state index is 11.1. The smallest absolute Gasteiger partial charge is 0.183 e. The monoisotopic (exact) mass is 401 g/mol. The average molecular weight is 401 g/mol. The van der Waals surface area contributed by atoms with Gasteiger partial charge in [-0.3, -0.25) is 4.57 Å². The molecule has 0 unspecified atom stereocenters. The summed E-state index contributed by atoms with van der Waals surface area (Å²) in [4.78, 5) is 12.5. The molecule has 1 aliphatic rings. The fraction of sp³-hybridized carbons (Fsp3) is 0.421. The van der Waals surface area contributed by atoms with Crippen LogP contribution in [0.25, 0.3) is 11.2 Å². The van der Waals surface area contributed by atoms with Gasteiger partial charge >= 0.3 is 0 Å². The number of ether oxygens (including phenoxy) is 2. The lowest BCUT2D eigenvalue weighted by Gasteiger charge is -2.39. The molecule has 1 saturated heterocycles. The highest BCUT2D eigenvalue weighted by molar-refractivity contribution is 5.81. The van der Waals surface area contributed by atoms with Crippen molar-refractivity contribution >= 4 is 17.0 Å². The van der Waals surface area contributed by atoms with E-state index in [1.807, 2.05) is 19.1 Å². The molecule has 1 aromatic carbocycles. The molecule has 0 amide bonds. The zero-order valence-electron chi connectivity index (χ0n) is 16.0. The molecular formula is C19H23N5O5. The largest absolute Gasteiger partial charge is 0.497 e. The highest BCUT2D eigenvalue weighted by atomic mass is 16.6. The summed E-state index contributed by atoms with van der Waals surface area (Å²) < 4.78 is 12.9. The Morgan fingerprint density at radius 2 is 1.97 bits per heavy atom. The third-order valence-corrected chi connectivity index (χ3v) is 5.62. The number of nitrogen functional groups attached to an aromatic ring is 1. The number of hydrogen-bond donors (Lipinski definition) is 4. The minimum Gasteiger partial charge on any atom is -0.497 e. The van der Waals surface area contributed by atoms with Crippen LogP contribution in [0.15, 0.2) is 36.9 Å². The van der Waals surface area contributed by atoms with E-state index in [2.05, 4.69) is 15.0 Å². The third kappa shape index (κ3) is 2.84. The van der Waals surface area contributed by atoms with Crippen molar-refractivity contribution in [2.24, 2.45) is 0 Å². The number of imidazole rings is 1. The summed E-state index contributed by atoms with van der Waals surface area (Å²) in [5.74, 6) is 0.403. The molecule has 0 bridgehead atoms. The maximum Gasteiger partial charge on any atom is 0.183 e. The number of nitrogens with two attached hydrogens (primary N) is 1. The molecule has 4 rings (SSSR count). The van der Waals surface area contributed by atoms with Crippen LogP contribution in [0.1, 0.15) is 18.4 Å². The first-order valence-corrected chi connectivity index (χ1v) is 9.16. The van der Waals surface area contributed by atoms with E-state index >= 15 is 0 Å². The Hall–Kier alpha value is -2.79. The summed E-state index contributed by atoms with van der Waals surface area (Å²) in [6.07, 6.45) is -0.918. The van der Waals surface area contributed by atoms with E-state index in [9.17, 15) is 15.3 Å². The minimum atomic E-state index is -1.49. The van der Waals surface area contributed by atoms with Crippen molar-refractivity contribution in [3.63, 3.8) is 0 Å². The average Bonchev–Trinajstić information content (AvgIpc) is 3.29. The molecule has 1 aliphatic heterocycles. The first-order valence-electron chi connectivity index (χ1n) is 9.16. The van der Waals surface area contributed by atoms with Crippen molar-refractivity contribution in [3.8, 4) is 5.75 Å². The second kappa shape index (κ2) is 7.23. The predicted molar refractivity (Wildman–Crippen MR) is 103 cm³/mol. The van der Waals surface area contributed by atoms with Crippen LogP contribution in [0, 0.1) is 0 Å². The van der Waals surface area contributed by atoms with Crippen LogP contribution in [0.3, 0.4) is 0 Å². The molecule has 29 heavy (non-hydrogen) atoms. The number of fused-ring (bicyclic) bond motifs is 1. The van der Waals surface area contributed by atoms with Crippen molar-refractivity contribution in [2.45, 2.75) is 36.9 Å². The summed E-state index contributed by atoms with van der Waals surface area (Å²) in [7, 11) is 1.58. The molecule has 0 aliphatic carbocycles. The highest BCUT2D eigenvalue weighted by Gasteiger charge is 2.59. The molecule has 1 fully saturated rings. The van der Waals surface area contributed by atoms with Crippen LogP contribution in [-0.4, -0.2) is 66.9 Å². The Balaban J connectivity index is 1.91. The van der Waals surface area contributed by atoms with Gasteiger partial charge in [0, 0.05) is 5.92 Å². The number of nitrogens with zero attached hydrogens (tertiary/aromatic N) is 4. The van der Waals surface area contributed by atoms with E-state index in [0.29, 0.717) is 16.9 Å².